The highest BCUT2D eigenvalue weighted by Gasteiger charge is 2.35. The standard InChI is InChI=1S/C19H30N4O.ClH/c20-16-19(6-2-1-3-7-19)13-18(24)23-11-9-22(10-12-23)15-17-5-4-8-21-14-17;/h4-5,8,14H,1-3,6-7,9-13,15-16,20H2;1H. The van der Waals surface area contributed by atoms with Crippen LogP contribution in [0.4, 0.5) is 0 Å². The minimum Gasteiger partial charge on any atom is -0.340 e. The Bertz CT molecular complexity index is 525. The van der Waals surface area contributed by atoms with Crippen molar-refractivity contribution in [3.63, 3.8) is 0 Å². The SMILES string of the molecule is Cl.NCC1(CC(=O)N2CCN(Cc3cccnc3)CC2)CCCCC1. The molecule has 0 radical (unpaired) electrons. The minimum atomic E-state index is 0. The monoisotopic (exact) mass is 366 g/mol. The van der Waals surface area contributed by atoms with Crippen LogP contribution in [-0.4, -0.2) is 53.4 Å². The summed E-state index contributed by atoms with van der Waals surface area (Å²) in [6.07, 6.45) is 10.4. The summed E-state index contributed by atoms with van der Waals surface area (Å²) in [6, 6.07) is 4.09. The lowest BCUT2D eigenvalue weighted by Crippen LogP contribution is -2.50. The van der Waals surface area contributed by atoms with Crippen molar-refractivity contribution in [2.75, 3.05) is 32.7 Å². The highest BCUT2D eigenvalue weighted by atomic mass is 35.5. The molecule has 1 amide bonds. The summed E-state index contributed by atoms with van der Waals surface area (Å²) >= 11 is 0. The van der Waals surface area contributed by atoms with E-state index in [4.69, 9.17) is 5.73 Å². The van der Waals surface area contributed by atoms with Gasteiger partial charge >= 0.3 is 0 Å². The first-order valence-corrected chi connectivity index (χ1v) is 9.30. The molecule has 2 N–H and O–H groups in total. The molecule has 0 atom stereocenters. The van der Waals surface area contributed by atoms with Crippen molar-refractivity contribution in [3.05, 3.63) is 30.1 Å². The van der Waals surface area contributed by atoms with Gasteiger partial charge in [-0.3, -0.25) is 14.7 Å². The molecule has 1 aliphatic heterocycles. The quantitative estimate of drug-likeness (QED) is 0.869. The number of halogens is 1. The molecule has 1 aromatic rings. The van der Waals surface area contributed by atoms with Crippen molar-refractivity contribution in [3.8, 4) is 0 Å². The average molecular weight is 367 g/mol. The van der Waals surface area contributed by atoms with Gasteiger partial charge in [0.2, 0.25) is 5.91 Å². The predicted molar refractivity (Wildman–Crippen MR) is 103 cm³/mol. The number of amides is 1. The van der Waals surface area contributed by atoms with E-state index in [-0.39, 0.29) is 17.8 Å². The molecule has 1 aromatic heterocycles. The fourth-order valence-electron chi connectivity index (χ4n) is 4.09. The van der Waals surface area contributed by atoms with E-state index in [1.165, 1.54) is 24.8 Å². The maximum absolute atomic E-state index is 12.7. The number of rotatable bonds is 5. The Morgan fingerprint density at radius 2 is 1.88 bits per heavy atom. The van der Waals surface area contributed by atoms with Gasteiger partial charge in [-0.05, 0) is 36.4 Å². The van der Waals surface area contributed by atoms with E-state index in [9.17, 15) is 4.79 Å². The lowest BCUT2D eigenvalue weighted by Gasteiger charge is -2.39. The van der Waals surface area contributed by atoms with Crippen molar-refractivity contribution in [1.82, 2.24) is 14.8 Å². The first kappa shape index (κ1) is 20.1. The van der Waals surface area contributed by atoms with E-state index in [1.807, 2.05) is 17.2 Å². The van der Waals surface area contributed by atoms with Gasteiger partial charge in [0.15, 0.2) is 0 Å². The molecule has 2 aliphatic rings. The molecular formula is C19H31ClN4O. The number of nitrogens with zero attached hydrogens (tertiary/aromatic N) is 3. The second-order valence-corrected chi connectivity index (χ2v) is 7.46. The van der Waals surface area contributed by atoms with Gasteiger partial charge in [0.1, 0.15) is 0 Å². The highest BCUT2D eigenvalue weighted by molar-refractivity contribution is 5.85. The first-order chi connectivity index (χ1) is 11.7. The number of pyridine rings is 1. The Morgan fingerprint density at radius 1 is 1.16 bits per heavy atom. The molecule has 6 heteroatoms. The first-order valence-electron chi connectivity index (χ1n) is 9.30. The largest absolute Gasteiger partial charge is 0.340 e. The van der Waals surface area contributed by atoms with Crippen LogP contribution in [-0.2, 0) is 11.3 Å². The van der Waals surface area contributed by atoms with Gasteiger partial charge in [-0.1, -0.05) is 25.3 Å². The molecule has 0 aromatic carbocycles. The van der Waals surface area contributed by atoms with Gasteiger partial charge < -0.3 is 10.6 Å². The third-order valence-corrected chi connectivity index (χ3v) is 5.73. The van der Waals surface area contributed by atoms with Crippen LogP contribution in [0, 0.1) is 5.41 Å². The van der Waals surface area contributed by atoms with Crippen LogP contribution in [0.1, 0.15) is 44.1 Å². The molecule has 25 heavy (non-hydrogen) atoms. The Balaban J connectivity index is 0.00000225. The van der Waals surface area contributed by atoms with Gasteiger partial charge in [0.05, 0.1) is 0 Å². The van der Waals surface area contributed by atoms with E-state index in [1.54, 1.807) is 6.20 Å². The number of hydrogen-bond donors (Lipinski definition) is 1. The molecule has 2 fully saturated rings. The van der Waals surface area contributed by atoms with Crippen LogP contribution in [0.25, 0.3) is 0 Å². The minimum absolute atomic E-state index is 0. The molecule has 1 saturated heterocycles. The molecular weight excluding hydrogens is 336 g/mol. The maximum atomic E-state index is 12.7. The zero-order valence-electron chi connectivity index (χ0n) is 15.0. The summed E-state index contributed by atoms with van der Waals surface area (Å²) in [5.74, 6) is 0.309. The van der Waals surface area contributed by atoms with Crippen LogP contribution in [0.3, 0.4) is 0 Å². The van der Waals surface area contributed by atoms with E-state index in [0.29, 0.717) is 18.9 Å². The van der Waals surface area contributed by atoms with E-state index < -0.39 is 0 Å². The zero-order valence-corrected chi connectivity index (χ0v) is 15.8. The number of nitrogens with two attached hydrogens (primary N) is 1. The van der Waals surface area contributed by atoms with Crippen molar-refractivity contribution >= 4 is 18.3 Å². The molecule has 5 nitrogen and oxygen atoms in total. The Morgan fingerprint density at radius 3 is 2.48 bits per heavy atom. The second-order valence-electron chi connectivity index (χ2n) is 7.46. The van der Waals surface area contributed by atoms with E-state index >= 15 is 0 Å². The summed E-state index contributed by atoms with van der Waals surface area (Å²) in [5, 5.41) is 0. The number of hydrogen-bond acceptors (Lipinski definition) is 4. The Hall–Kier alpha value is -1.17. The Labute approximate surface area is 157 Å². The van der Waals surface area contributed by atoms with Crippen LogP contribution in [0.5, 0.6) is 0 Å². The fourth-order valence-corrected chi connectivity index (χ4v) is 4.09. The van der Waals surface area contributed by atoms with Crippen LogP contribution < -0.4 is 5.73 Å². The lowest BCUT2D eigenvalue weighted by molar-refractivity contribution is -0.136. The molecule has 2 heterocycles. The van der Waals surface area contributed by atoms with Gasteiger partial charge in [0.25, 0.3) is 0 Å². The van der Waals surface area contributed by atoms with E-state index in [2.05, 4.69) is 16.0 Å². The summed E-state index contributed by atoms with van der Waals surface area (Å²) in [6.45, 7) is 5.12. The molecule has 0 bridgehead atoms. The number of carbonyl (C=O) groups is 1. The highest BCUT2D eigenvalue weighted by Crippen LogP contribution is 2.38. The van der Waals surface area contributed by atoms with Crippen molar-refractivity contribution in [2.24, 2.45) is 11.1 Å². The molecule has 140 valence electrons. The van der Waals surface area contributed by atoms with Gasteiger partial charge in [-0.2, -0.15) is 0 Å². The summed E-state index contributed by atoms with van der Waals surface area (Å²) in [7, 11) is 0. The predicted octanol–water partition coefficient (Wildman–Crippen LogP) is 2.45. The lowest BCUT2D eigenvalue weighted by atomic mass is 9.71. The van der Waals surface area contributed by atoms with Gasteiger partial charge in [-0.15, -0.1) is 12.4 Å². The normalized spacial score (nSPS) is 20.8. The van der Waals surface area contributed by atoms with Crippen molar-refractivity contribution < 1.29 is 4.79 Å². The molecule has 1 saturated carbocycles. The topological polar surface area (TPSA) is 62.5 Å². The zero-order chi connectivity index (χ0) is 16.8. The van der Waals surface area contributed by atoms with Crippen LogP contribution in [0.15, 0.2) is 24.5 Å². The summed E-state index contributed by atoms with van der Waals surface area (Å²) in [5.41, 5.74) is 7.35. The van der Waals surface area contributed by atoms with Crippen molar-refractivity contribution in [2.45, 2.75) is 45.1 Å². The van der Waals surface area contributed by atoms with Crippen LogP contribution in [0.2, 0.25) is 0 Å². The molecule has 1 aliphatic carbocycles. The van der Waals surface area contributed by atoms with Gasteiger partial charge in [0, 0.05) is 51.5 Å². The second kappa shape index (κ2) is 9.51. The van der Waals surface area contributed by atoms with Gasteiger partial charge in [-0.25, -0.2) is 0 Å². The summed E-state index contributed by atoms with van der Waals surface area (Å²) in [4.78, 5) is 21.4. The smallest absolute Gasteiger partial charge is 0.223 e. The maximum Gasteiger partial charge on any atom is 0.223 e. The molecule has 0 unspecified atom stereocenters. The van der Waals surface area contributed by atoms with Crippen LogP contribution >= 0.6 is 12.4 Å². The third kappa shape index (κ3) is 5.40. The fraction of sp³-hybridized carbons (Fsp3) is 0.684. The van der Waals surface area contributed by atoms with E-state index in [0.717, 1.165) is 45.6 Å². The number of piperazine rings is 1. The number of aromatic nitrogens is 1. The Kier molecular flexibility index (Phi) is 7.66. The third-order valence-electron chi connectivity index (χ3n) is 5.73. The molecule has 3 rings (SSSR count). The average Bonchev–Trinajstić information content (AvgIpc) is 2.64. The van der Waals surface area contributed by atoms with Crippen molar-refractivity contribution in [1.29, 1.82) is 0 Å². The number of carbonyl (C=O) groups excluding carboxylic acids is 1. The molecule has 0 spiro atoms. The summed E-state index contributed by atoms with van der Waals surface area (Å²) < 4.78 is 0.